The molecule has 0 amide bonds. The molecule has 2 nitrogen and oxygen atoms in total. The average Bonchev–Trinajstić information content (AvgIpc) is 1.98. The molecule has 0 aliphatic heterocycles. The average molecular weight is 199 g/mol. The molecule has 0 heterocycles. The third kappa shape index (κ3) is 9.75. The van der Waals surface area contributed by atoms with E-state index < -0.39 is 6.23 Å². The smallest absolute Gasteiger partial charge is 0.108 e. The molecule has 0 spiro atoms. The topological polar surface area (TPSA) is 32.3 Å². The fourth-order valence-corrected chi connectivity index (χ4v) is 1.04. The van der Waals surface area contributed by atoms with Crippen molar-refractivity contribution < 1.29 is 5.11 Å². The van der Waals surface area contributed by atoms with E-state index in [0.29, 0.717) is 11.8 Å². The van der Waals surface area contributed by atoms with Crippen LogP contribution in [-0.2, 0) is 0 Å². The molecule has 0 rings (SSSR count). The molecule has 1 unspecified atom stereocenters. The lowest BCUT2D eigenvalue weighted by Crippen LogP contribution is -2.31. The van der Waals surface area contributed by atoms with Gasteiger partial charge >= 0.3 is 0 Å². The second-order valence-electron chi connectivity index (χ2n) is 5.30. The Bertz CT molecular complexity index is 175. The van der Waals surface area contributed by atoms with Gasteiger partial charge in [0.2, 0.25) is 0 Å². The van der Waals surface area contributed by atoms with Crippen molar-refractivity contribution in [2.75, 3.05) is 6.54 Å². The van der Waals surface area contributed by atoms with Crippen molar-refractivity contribution in [3.8, 4) is 0 Å². The van der Waals surface area contributed by atoms with E-state index in [2.05, 4.69) is 32.2 Å². The van der Waals surface area contributed by atoms with E-state index >= 15 is 0 Å². The van der Waals surface area contributed by atoms with Crippen molar-refractivity contribution in [1.29, 1.82) is 0 Å². The summed E-state index contributed by atoms with van der Waals surface area (Å²) in [7, 11) is 0. The van der Waals surface area contributed by atoms with Crippen molar-refractivity contribution in [3.05, 3.63) is 11.6 Å². The third-order valence-corrected chi connectivity index (χ3v) is 2.00. The van der Waals surface area contributed by atoms with Crippen molar-refractivity contribution in [2.24, 2.45) is 5.41 Å². The molecule has 0 radical (unpaired) electrons. The molecule has 0 aliphatic rings. The molecule has 84 valence electrons. The highest BCUT2D eigenvalue weighted by Crippen LogP contribution is 2.17. The van der Waals surface area contributed by atoms with Gasteiger partial charge in [0.15, 0.2) is 0 Å². The van der Waals surface area contributed by atoms with Crippen LogP contribution in [-0.4, -0.2) is 17.9 Å². The first kappa shape index (κ1) is 13.7. The number of nitrogens with one attached hydrogen (secondary N) is 1. The van der Waals surface area contributed by atoms with Gasteiger partial charge in [0.1, 0.15) is 6.23 Å². The standard InChI is InChI=1S/C12H25NO/c1-10(2)6-7-11(14)13-9-8-12(3,4)5/h6,11,13-14H,7-9H2,1-5H3. The van der Waals surface area contributed by atoms with Crippen LogP contribution in [0.2, 0.25) is 0 Å². The molecule has 0 saturated carbocycles. The normalized spacial score (nSPS) is 13.9. The Labute approximate surface area is 88.4 Å². The predicted molar refractivity (Wildman–Crippen MR) is 62.1 cm³/mol. The van der Waals surface area contributed by atoms with E-state index in [-0.39, 0.29) is 0 Å². The molecule has 0 aromatic carbocycles. The molecule has 14 heavy (non-hydrogen) atoms. The van der Waals surface area contributed by atoms with Gasteiger partial charge in [0, 0.05) is 6.42 Å². The number of hydrogen-bond acceptors (Lipinski definition) is 2. The second kappa shape index (κ2) is 6.20. The maximum atomic E-state index is 9.54. The van der Waals surface area contributed by atoms with E-state index in [0.717, 1.165) is 13.0 Å². The van der Waals surface area contributed by atoms with Crippen molar-refractivity contribution in [2.45, 2.75) is 53.7 Å². The minimum Gasteiger partial charge on any atom is -0.378 e. The van der Waals surface area contributed by atoms with Gasteiger partial charge < -0.3 is 5.11 Å². The lowest BCUT2D eigenvalue weighted by molar-refractivity contribution is 0.135. The monoisotopic (exact) mass is 199 g/mol. The molecule has 0 fully saturated rings. The van der Waals surface area contributed by atoms with E-state index in [1.165, 1.54) is 5.57 Å². The van der Waals surface area contributed by atoms with E-state index in [4.69, 9.17) is 0 Å². The van der Waals surface area contributed by atoms with Crippen LogP contribution in [0.25, 0.3) is 0 Å². The summed E-state index contributed by atoms with van der Waals surface area (Å²) < 4.78 is 0. The quantitative estimate of drug-likeness (QED) is 0.527. The highest BCUT2D eigenvalue weighted by atomic mass is 16.3. The van der Waals surface area contributed by atoms with E-state index in [1.807, 2.05) is 13.8 Å². The first-order valence-electron chi connectivity index (χ1n) is 5.36. The summed E-state index contributed by atoms with van der Waals surface area (Å²) >= 11 is 0. The third-order valence-electron chi connectivity index (χ3n) is 2.00. The summed E-state index contributed by atoms with van der Waals surface area (Å²) in [5.74, 6) is 0. The van der Waals surface area contributed by atoms with Gasteiger partial charge in [-0.15, -0.1) is 0 Å². The maximum Gasteiger partial charge on any atom is 0.108 e. The van der Waals surface area contributed by atoms with Gasteiger partial charge in [0.25, 0.3) is 0 Å². The first-order valence-corrected chi connectivity index (χ1v) is 5.36. The molecular weight excluding hydrogens is 174 g/mol. The predicted octanol–water partition coefficient (Wildman–Crippen LogP) is 2.69. The molecule has 2 N–H and O–H groups in total. The number of aliphatic hydroxyl groups excluding tert-OH is 1. The summed E-state index contributed by atoms with van der Waals surface area (Å²) in [6.45, 7) is 11.6. The second-order valence-corrected chi connectivity index (χ2v) is 5.30. The molecular formula is C12H25NO. The Morgan fingerprint density at radius 1 is 1.36 bits per heavy atom. The van der Waals surface area contributed by atoms with Crippen LogP contribution < -0.4 is 5.32 Å². The van der Waals surface area contributed by atoms with Gasteiger partial charge in [-0.3, -0.25) is 5.32 Å². The number of allylic oxidation sites excluding steroid dienone is 1. The van der Waals surface area contributed by atoms with Gasteiger partial charge in [0.05, 0.1) is 0 Å². The fourth-order valence-electron chi connectivity index (χ4n) is 1.04. The van der Waals surface area contributed by atoms with Crippen LogP contribution in [0.5, 0.6) is 0 Å². The minimum absolute atomic E-state index is 0.337. The number of hydrogen-bond donors (Lipinski definition) is 2. The fraction of sp³-hybridized carbons (Fsp3) is 0.833. The lowest BCUT2D eigenvalue weighted by Gasteiger charge is -2.19. The Morgan fingerprint density at radius 3 is 2.36 bits per heavy atom. The zero-order valence-corrected chi connectivity index (χ0v) is 10.2. The highest BCUT2D eigenvalue weighted by Gasteiger charge is 2.10. The molecule has 0 bridgehead atoms. The Morgan fingerprint density at radius 2 is 1.93 bits per heavy atom. The lowest BCUT2D eigenvalue weighted by atomic mass is 9.92. The van der Waals surface area contributed by atoms with Crippen LogP contribution in [0, 0.1) is 5.41 Å². The molecule has 0 aromatic heterocycles. The summed E-state index contributed by atoms with van der Waals surface area (Å²) in [6, 6.07) is 0. The highest BCUT2D eigenvalue weighted by molar-refractivity contribution is 4.93. The van der Waals surface area contributed by atoms with Gasteiger partial charge in [-0.1, -0.05) is 32.4 Å². The largest absolute Gasteiger partial charge is 0.378 e. The van der Waals surface area contributed by atoms with Gasteiger partial charge in [-0.2, -0.15) is 0 Å². The summed E-state index contributed by atoms with van der Waals surface area (Å²) in [4.78, 5) is 0. The van der Waals surface area contributed by atoms with Crippen LogP contribution in [0.1, 0.15) is 47.5 Å². The first-order chi connectivity index (χ1) is 6.31. The summed E-state index contributed by atoms with van der Waals surface area (Å²) in [5.41, 5.74) is 1.59. The molecule has 0 saturated heterocycles. The number of rotatable bonds is 5. The molecule has 1 atom stereocenters. The summed E-state index contributed by atoms with van der Waals surface area (Å²) in [6.07, 6.45) is 3.44. The molecule has 0 aliphatic carbocycles. The van der Waals surface area contributed by atoms with E-state index in [1.54, 1.807) is 0 Å². The van der Waals surface area contributed by atoms with Crippen molar-refractivity contribution in [3.63, 3.8) is 0 Å². The SMILES string of the molecule is CC(C)=CCC(O)NCCC(C)(C)C. The van der Waals surface area contributed by atoms with Crippen molar-refractivity contribution in [1.82, 2.24) is 5.32 Å². The van der Waals surface area contributed by atoms with Crippen LogP contribution >= 0.6 is 0 Å². The van der Waals surface area contributed by atoms with Crippen LogP contribution in [0.3, 0.4) is 0 Å². The van der Waals surface area contributed by atoms with Crippen molar-refractivity contribution >= 4 is 0 Å². The zero-order chi connectivity index (χ0) is 11.2. The van der Waals surface area contributed by atoms with Crippen LogP contribution in [0.4, 0.5) is 0 Å². The maximum absolute atomic E-state index is 9.54. The molecule has 2 heteroatoms. The Balaban J connectivity index is 3.55. The Kier molecular flexibility index (Phi) is 6.05. The molecule has 0 aromatic rings. The van der Waals surface area contributed by atoms with E-state index in [9.17, 15) is 5.11 Å². The van der Waals surface area contributed by atoms with Gasteiger partial charge in [-0.25, -0.2) is 0 Å². The Hall–Kier alpha value is -0.340. The zero-order valence-electron chi connectivity index (χ0n) is 10.2. The van der Waals surface area contributed by atoms with Gasteiger partial charge in [-0.05, 0) is 32.2 Å². The van der Waals surface area contributed by atoms with Crippen LogP contribution in [0.15, 0.2) is 11.6 Å². The minimum atomic E-state index is -0.396. The summed E-state index contributed by atoms with van der Waals surface area (Å²) in [5, 5.41) is 12.6. The number of aliphatic hydroxyl groups is 1.